The molecule has 2 rings (SSSR count). The second-order valence-electron chi connectivity index (χ2n) is 4.30. The van der Waals surface area contributed by atoms with Crippen LogP contribution in [0.2, 0.25) is 0 Å². The van der Waals surface area contributed by atoms with E-state index in [1.165, 1.54) is 12.1 Å². The molecule has 0 saturated heterocycles. The lowest BCUT2D eigenvalue weighted by Crippen LogP contribution is -2.13. The van der Waals surface area contributed by atoms with Crippen LogP contribution in [0.5, 0.6) is 11.5 Å². The summed E-state index contributed by atoms with van der Waals surface area (Å²) in [5.74, 6) is 0.454. The van der Waals surface area contributed by atoms with Crippen LogP contribution in [0.15, 0.2) is 48.5 Å². The molecule has 1 N–H and O–H groups in total. The third-order valence-electron chi connectivity index (χ3n) is 2.76. The molecule has 0 bridgehead atoms. The molecule has 0 atom stereocenters. The highest BCUT2D eigenvalue weighted by atomic mass is 16.6. The molecule has 0 unspecified atom stereocenters. The smallest absolute Gasteiger partial charge is 0.338 e. The third-order valence-corrected chi connectivity index (χ3v) is 2.76. The van der Waals surface area contributed by atoms with Crippen LogP contribution < -0.4 is 4.74 Å². The van der Waals surface area contributed by atoms with Gasteiger partial charge in [0.05, 0.1) is 5.56 Å². The Morgan fingerprint density at radius 3 is 2.55 bits per heavy atom. The predicted octanol–water partition coefficient (Wildman–Crippen LogP) is 2.94. The highest BCUT2D eigenvalue weighted by molar-refractivity contribution is 5.91. The number of phenolic OH excluding ortho intramolecular Hbond substituents is 1. The lowest BCUT2D eigenvalue weighted by molar-refractivity contribution is 0.0449. The highest BCUT2D eigenvalue weighted by Crippen LogP contribution is 2.16. The van der Waals surface area contributed by atoms with E-state index in [1.54, 1.807) is 13.0 Å². The number of aryl methyl sites for hydroxylation is 1. The molecule has 0 heterocycles. The zero-order valence-electron chi connectivity index (χ0n) is 11.2. The molecule has 104 valence electrons. The Bertz CT molecular complexity index is 578. The van der Waals surface area contributed by atoms with Crippen molar-refractivity contribution in [2.75, 3.05) is 13.2 Å². The molecule has 20 heavy (non-hydrogen) atoms. The van der Waals surface area contributed by atoms with Gasteiger partial charge in [-0.2, -0.15) is 0 Å². The van der Waals surface area contributed by atoms with Crippen molar-refractivity contribution >= 4 is 5.97 Å². The third kappa shape index (κ3) is 3.75. The number of para-hydroxylation sites is 1. The Hall–Kier alpha value is -2.49. The molecule has 0 fully saturated rings. The number of rotatable bonds is 5. The van der Waals surface area contributed by atoms with Gasteiger partial charge in [-0.15, -0.1) is 0 Å². The van der Waals surface area contributed by atoms with Crippen LogP contribution in [-0.2, 0) is 4.74 Å². The summed E-state index contributed by atoms with van der Waals surface area (Å²) in [6.45, 7) is 2.22. The first-order valence-electron chi connectivity index (χ1n) is 6.31. The molecule has 0 aliphatic rings. The molecule has 2 aromatic rings. The Kier molecular flexibility index (Phi) is 4.60. The van der Waals surface area contributed by atoms with Crippen LogP contribution in [0.4, 0.5) is 0 Å². The molecular formula is C16H16O4. The first kappa shape index (κ1) is 13.9. The summed E-state index contributed by atoms with van der Waals surface area (Å²) in [5.41, 5.74) is 1.13. The summed E-state index contributed by atoms with van der Waals surface area (Å²) in [6.07, 6.45) is 0. The number of benzene rings is 2. The zero-order valence-corrected chi connectivity index (χ0v) is 11.2. The molecule has 4 heteroatoms. The second-order valence-corrected chi connectivity index (χ2v) is 4.30. The van der Waals surface area contributed by atoms with E-state index >= 15 is 0 Å². The number of hydrogen-bond donors (Lipinski definition) is 1. The number of carbonyl (C=O) groups is 1. The van der Waals surface area contributed by atoms with Gasteiger partial charge in [0.2, 0.25) is 0 Å². The van der Waals surface area contributed by atoms with Crippen LogP contribution in [0.3, 0.4) is 0 Å². The van der Waals surface area contributed by atoms with Gasteiger partial charge in [0.15, 0.2) is 0 Å². The van der Waals surface area contributed by atoms with E-state index in [2.05, 4.69) is 0 Å². The van der Waals surface area contributed by atoms with E-state index < -0.39 is 5.97 Å². The number of ether oxygens (including phenoxy) is 2. The molecule has 0 aliphatic heterocycles. The van der Waals surface area contributed by atoms with Gasteiger partial charge in [-0.3, -0.25) is 0 Å². The number of phenols is 1. The van der Waals surface area contributed by atoms with Crippen molar-refractivity contribution in [2.45, 2.75) is 6.92 Å². The summed E-state index contributed by atoms with van der Waals surface area (Å²) in [6, 6.07) is 13.9. The van der Waals surface area contributed by atoms with Gasteiger partial charge in [0, 0.05) is 0 Å². The van der Waals surface area contributed by atoms with Crippen LogP contribution in [0.25, 0.3) is 0 Å². The van der Waals surface area contributed by atoms with E-state index in [0.717, 1.165) is 5.75 Å². The summed E-state index contributed by atoms with van der Waals surface area (Å²) < 4.78 is 10.5. The van der Waals surface area contributed by atoms with Gasteiger partial charge in [0.1, 0.15) is 24.7 Å². The predicted molar refractivity (Wildman–Crippen MR) is 75.1 cm³/mol. The average Bonchev–Trinajstić information content (AvgIpc) is 2.44. The fraction of sp³-hybridized carbons (Fsp3) is 0.188. The van der Waals surface area contributed by atoms with Crippen molar-refractivity contribution in [1.29, 1.82) is 0 Å². The van der Waals surface area contributed by atoms with Gasteiger partial charge in [-0.25, -0.2) is 4.79 Å². The minimum atomic E-state index is -0.417. The van der Waals surface area contributed by atoms with Crippen molar-refractivity contribution in [3.05, 3.63) is 59.7 Å². The largest absolute Gasteiger partial charge is 0.508 e. The average molecular weight is 272 g/mol. The fourth-order valence-electron chi connectivity index (χ4n) is 1.77. The topological polar surface area (TPSA) is 55.8 Å². The Labute approximate surface area is 117 Å². The molecular weight excluding hydrogens is 256 g/mol. The Morgan fingerprint density at radius 1 is 1.10 bits per heavy atom. The SMILES string of the molecule is Cc1cc(O)ccc1C(=O)OCCOc1ccccc1. The van der Waals surface area contributed by atoms with E-state index in [4.69, 9.17) is 9.47 Å². The van der Waals surface area contributed by atoms with Gasteiger partial charge >= 0.3 is 5.97 Å². The van der Waals surface area contributed by atoms with Crippen molar-refractivity contribution < 1.29 is 19.4 Å². The minimum absolute atomic E-state index is 0.131. The lowest BCUT2D eigenvalue weighted by atomic mass is 10.1. The minimum Gasteiger partial charge on any atom is -0.508 e. The normalized spacial score (nSPS) is 10.1. The molecule has 0 saturated carbocycles. The highest BCUT2D eigenvalue weighted by Gasteiger charge is 2.10. The van der Waals surface area contributed by atoms with Crippen molar-refractivity contribution in [1.82, 2.24) is 0 Å². The lowest BCUT2D eigenvalue weighted by Gasteiger charge is -2.08. The molecule has 0 amide bonds. The number of esters is 1. The van der Waals surface area contributed by atoms with Gasteiger partial charge < -0.3 is 14.6 Å². The van der Waals surface area contributed by atoms with Crippen molar-refractivity contribution in [3.8, 4) is 11.5 Å². The van der Waals surface area contributed by atoms with Crippen LogP contribution in [0, 0.1) is 6.92 Å². The first-order valence-corrected chi connectivity index (χ1v) is 6.31. The van der Waals surface area contributed by atoms with E-state index in [-0.39, 0.29) is 12.4 Å². The second kappa shape index (κ2) is 6.61. The van der Waals surface area contributed by atoms with Crippen molar-refractivity contribution in [3.63, 3.8) is 0 Å². The first-order chi connectivity index (χ1) is 9.66. The molecule has 4 nitrogen and oxygen atoms in total. The maximum atomic E-state index is 11.8. The molecule has 0 radical (unpaired) electrons. The van der Waals surface area contributed by atoms with Crippen LogP contribution >= 0.6 is 0 Å². The summed E-state index contributed by atoms with van der Waals surface area (Å²) >= 11 is 0. The fourth-order valence-corrected chi connectivity index (χ4v) is 1.77. The Morgan fingerprint density at radius 2 is 1.85 bits per heavy atom. The number of carbonyl (C=O) groups excluding carboxylic acids is 1. The zero-order chi connectivity index (χ0) is 14.4. The van der Waals surface area contributed by atoms with E-state index in [0.29, 0.717) is 17.7 Å². The monoisotopic (exact) mass is 272 g/mol. The number of aromatic hydroxyl groups is 1. The number of hydrogen-bond acceptors (Lipinski definition) is 4. The standard InChI is InChI=1S/C16H16O4/c1-12-11-13(17)7-8-15(12)16(18)20-10-9-19-14-5-3-2-4-6-14/h2-8,11,17H,9-10H2,1H3. The van der Waals surface area contributed by atoms with Crippen molar-refractivity contribution in [2.24, 2.45) is 0 Å². The summed E-state index contributed by atoms with van der Waals surface area (Å²) in [4.78, 5) is 11.8. The molecule has 2 aromatic carbocycles. The molecule has 0 aromatic heterocycles. The molecule has 0 spiro atoms. The van der Waals surface area contributed by atoms with Crippen LogP contribution in [-0.4, -0.2) is 24.3 Å². The van der Waals surface area contributed by atoms with Crippen LogP contribution in [0.1, 0.15) is 15.9 Å². The maximum absolute atomic E-state index is 11.8. The van der Waals surface area contributed by atoms with E-state index in [1.807, 2.05) is 30.3 Å². The van der Waals surface area contributed by atoms with E-state index in [9.17, 15) is 9.90 Å². The van der Waals surface area contributed by atoms with Gasteiger partial charge in [-0.05, 0) is 42.8 Å². The quantitative estimate of drug-likeness (QED) is 0.671. The van der Waals surface area contributed by atoms with Gasteiger partial charge in [0.25, 0.3) is 0 Å². The Balaban J connectivity index is 1.80. The molecule has 0 aliphatic carbocycles. The summed E-state index contributed by atoms with van der Waals surface area (Å²) in [5, 5.41) is 9.29. The van der Waals surface area contributed by atoms with Gasteiger partial charge in [-0.1, -0.05) is 18.2 Å². The summed E-state index contributed by atoms with van der Waals surface area (Å²) in [7, 11) is 0. The maximum Gasteiger partial charge on any atom is 0.338 e.